The van der Waals surface area contributed by atoms with Crippen molar-refractivity contribution in [2.24, 2.45) is 5.92 Å². The highest BCUT2D eigenvalue weighted by Crippen LogP contribution is 2.37. The van der Waals surface area contributed by atoms with Gasteiger partial charge >= 0.3 is 8.25 Å². The van der Waals surface area contributed by atoms with Gasteiger partial charge < -0.3 is 19.8 Å². The van der Waals surface area contributed by atoms with E-state index in [-0.39, 0.29) is 6.61 Å². The SMILES string of the molecule is O=[PH](O)O[C@@H]1[C@@H](CO)C[C@@H](Nc2ccncn2)[C@@H]1F. The Morgan fingerprint density at radius 3 is 3.00 bits per heavy atom. The second kappa shape index (κ2) is 6.38. The van der Waals surface area contributed by atoms with Crippen LogP contribution in [0.5, 0.6) is 0 Å². The highest BCUT2D eigenvalue weighted by Gasteiger charge is 2.45. The minimum atomic E-state index is -3.24. The normalized spacial score (nSPS) is 32.2. The van der Waals surface area contributed by atoms with E-state index in [0.717, 1.165) is 0 Å². The van der Waals surface area contributed by atoms with Crippen molar-refractivity contribution in [3.63, 3.8) is 0 Å². The van der Waals surface area contributed by atoms with E-state index in [1.807, 2.05) is 0 Å². The largest absolute Gasteiger partial charge is 0.396 e. The lowest BCUT2D eigenvalue weighted by Crippen LogP contribution is -2.33. The highest BCUT2D eigenvalue weighted by molar-refractivity contribution is 7.32. The average molecular weight is 291 g/mol. The van der Waals surface area contributed by atoms with Gasteiger partial charge in [0.2, 0.25) is 0 Å². The number of nitrogens with one attached hydrogen (secondary N) is 1. The number of hydrogen-bond donors (Lipinski definition) is 3. The van der Waals surface area contributed by atoms with Crippen LogP contribution in [0.25, 0.3) is 0 Å². The van der Waals surface area contributed by atoms with Crippen molar-refractivity contribution in [3.8, 4) is 0 Å². The summed E-state index contributed by atoms with van der Waals surface area (Å²) in [6.07, 6.45) is 0.561. The molecular weight excluding hydrogens is 276 g/mol. The third-order valence-corrected chi connectivity index (χ3v) is 3.58. The maximum absolute atomic E-state index is 14.2. The molecule has 19 heavy (non-hydrogen) atoms. The Kier molecular flexibility index (Phi) is 4.81. The van der Waals surface area contributed by atoms with Crippen LogP contribution in [0.15, 0.2) is 18.6 Å². The van der Waals surface area contributed by atoms with Crippen LogP contribution >= 0.6 is 8.25 Å². The molecule has 7 nitrogen and oxygen atoms in total. The average Bonchev–Trinajstić information content (AvgIpc) is 2.68. The summed E-state index contributed by atoms with van der Waals surface area (Å²) in [6, 6.07) is 0.961. The fraction of sp³-hybridized carbons (Fsp3) is 0.600. The quantitative estimate of drug-likeness (QED) is 0.673. The monoisotopic (exact) mass is 291 g/mol. The first-order chi connectivity index (χ1) is 9.11. The minimum Gasteiger partial charge on any atom is -0.396 e. The lowest BCUT2D eigenvalue weighted by molar-refractivity contribution is 0.0612. The molecule has 1 aliphatic carbocycles. The fourth-order valence-corrected chi connectivity index (χ4v) is 2.80. The molecule has 2 rings (SSSR count). The molecule has 1 saturated carbocycles. The number of rotatable bonds is 5. The van der Waals surface area contributed by atoms with Crippen molar-refractivity contribution >= 4 is 14.1 Å². The summed E-state index contributed by atoms with van der Waals surface area (Å²) in [5.74, 6) is -0.0629. The molecule has 0 saturated heterocycles. The van der Waals surface area contributed by atoms with Crippen LogP contribution in [0.4, 0.5) is 10.2 Å². The molecule has 1 unspecified atom stereocenters. The number of hydrogen-bond acceptors (Lipinski definition) is 6. The van der Waals surface area contributed by atoms with Crippen molar-refractivity contribution in [1.82, 2.24) is 9.97 Å². The van der Waals surface area contributed by atoms with Gasteiger partial charge in [-0.05, 0) is 12.5 Å². The highest BCUT2D eigenvalue weighted by atomic mass is 31.1. The Bertz CT molecular complexity index is 438. The van der Waals surface area contributed by atoms with Crippen molar-refractivity contribution < 1.29 is 23.5 Å². The van der Waals surface area contributed by atoms with E-state index in [4.69, 9.17) is 4.89 Å². The zero-order valence-electron chi connectivity index (χ0n) is 9.94. The molecule has 0 radical (unpaired) electrons. The summed E-state index contributed by atoms with van der Waals surface area (Å²) in [4.78, 5) is 16.4. The van der Waals surface area contributed by atoms with E-state index < -0.39 is 32.5 Å². The third-order valence-electron chi connectivity index (χ3n) is 3.11. The predicted octanol–water partition coefficient (Wildman–Crippen LogP) is 0.375. The van der Waals surface area contributed by atoms with Crippen LogP contribution < -0.4 is 5.32 Å². The van der Waals surface area contributed by atoms with Crippen LogP contribution in [0.2, 0.25) is 0 Å². The van der Waals surface area contributed by atoms with Gasteiger partial charge in [0.1, 0.15) is 24.4 Å². The molecule has 5 atom stereocenters. The number of aromatic nitrogens is 2. The molecule has 0 bridgehead atoms. The number of alkyl halides is 1. The van der Waals surface area contributed by atoms with Gasteiger partial charge in [-0.2, -0.15) is 0 Å². The van der Waals surface area contributed by atoms with Gasteiger partial charge in [0, 0.05) is 18.7 Å². The standard InChI is InChI=1S/C10H15FN3O4P/c11-9-7(14-8-1-2-12-5-13-8)3-6(4-15)10(9)18-19(16)17/h1-2,5-7,9-10,15,19H,3-4H2,(H,16,17)(H,12,13,14)/t6-,7-,9+,10-/m1/s1. The van der Waals surface area contributed by atoms with E-state index >= 15 is 0 Å². The molecule has 3 N–H and O–H groups in total. The van der Waals surface area contributed by atoms with Crippen molar-refractivity contribution in [2.75, 3.05) is 11.9 Å². The molecule has 1 heterocycles. The van der Waals surface area contributed by atoms with Gasteiger partial charge in [-0.25, -0.2) is 14.4 Å². The fourth-order valence-electron chi connectivity index (χ4n) is 2.24. The molecule has 9 heteroatoms. The van der Waals surface area contributed by atoms with E-state index in [0.29, 0.717) is 12.2 Å². The Morgan fingerprint density at radius 2 is 2.42 bits per heavy atom. The number of nitrogens with zero attached hydrogens (tertiary/aromatic N) is 2. The molecule has 0 amide bonds. The number of aliphatic hydroxyl groups excluding tert-OH is 1. The number of anilines is 1. The molecular formula is C10H15FN3O4P. The number of halogens is 1. The number of aliphatic hydroxyl groups is 1. The zero-order chi connectivity index (χ0) is 13.8. The smallest absolute Gasteiger partial charge is 0.316 e. The summed E-state index contributed by atoms with van der Waals surface area (Å²) in [7, 11) is -3.24. The molecule has 0 aliphatic heterocycles. The molecule has 0 spiro atoms. The van der Waals surface area contributed by atoms with E-state index in [9.17, 15) is 14.1 Å². The van der Waals surface area contributed by atoms with Crippen molar-refractivity contribution in [2.45, 2.75) is 24.7 Å². The van der Waals surface area contributed by atoms with Gasteiger partial charge in [0.05, 0.1) is 6.04 Å². The van der Waals surface area contributed by atoms with Gasteiger partial charge in [-0.1, -0.05) is 0 Å². The van der Waals surface area contributed by atoms with Gasteiger partial charge in [0.25, 0.3) is 0 Å². The summed E-state index contributed by atoms with van der Waals surface area (Å²) in [6.45, 7) is -0.303. The Balaban J connectivity index is 2.05. The van der Waals surface area contributed by atoms with Crippen molar-refractivity contribution in [1.29, 1.82) is 0 Å². The van der Waals surface area contributed by atoms with E-state index in [1.165, 1.54) is 12.5 Å². The van der Waals surface area contributed by atoms with Crippen LogP contribution in [0.3, 0.4) is 0 Å². The minimum absolute atomic E-state index is 0.293. The zero-order valence-corrected chi connectivity index (χ0v) is 10.9. The van der Waals surface area contributed by atoms with Crippen LogP contribution in [-0.2, 0) is 9.09 Å². The molecule has 0 aromatic carbocycles. The van der Waals surface area contributed by atoms with Gasteiger partial charge in [-0.3, -0.25) is 4.57 Å². The van der Waals surface area contributed by atoms with Crippen molar-refractivity contribution in [3.05, 3.63) is 18.6 Å². The maximum atomic E-state index is 14.2. The van der Waals surface area contributed by atoms with Crippen LogP contribution in [0.1, 0.15) is 6.42 Å². The lowest BCUT2D eigenvalue weighted by atomic mass is 10.1. The lowest BCUT2D eigenvalue weighted by Gasteiger charge is -2.19. The van der Waals surface area contributed by atoms with Gasteiger partial charge in [-0.15, -0.1) is 0 Å². The molecule has 1 aliphatic rings. The summed E-state index contributed by atoms with van der Waals surface area (Å²) in [5, 5.41) is 12.0. The van der Waals surface area contributed by atoms with Gasteiger partial charge in [0.15, 0.2) is 0 Å². The second-order valence-corrected chi connectivity index (χ2v) is 5.08. The first-order valence-electron chi connectivity index (χ1n) is 5.79. The molecule has 106 valence electrons. The van der Waals surface area contributed by atoms with E-state index in [2.05, 4.69) is 19.8 Å². The maximum Gasteiger partial charge on any atom is 0.316 e. The summed E-state index contributed by atoms with van der Waals surface area (Å²) >= 11 is 0. The van der Waals surface area contributed by atoms with Crippen LogP contribution in [0, 0.1) is 5.92 Å². The Morgan fingerprint density at radius 1 is 1.63 bits per heavy atom. The summed E-state index contributed by atoms with van der Waals surface area (Å²) in [5.41, 5.74) is 0. The molecule has 1 fully saturated rings. The first-order valence-corrected chi connectivity index (χ1v) is 7.05. The predicted molar refractivity (Wildman–Crippen MR) is 65.6 cm³/mol. The second-order valence-electron chi connectivity index (χ2n) is 4.32. The Labute approximate surface area is 109 Å². The summed E-state index contributed by atoms with van der Waals surface area (Å²) < 4.78 is 29.5. The van der Waals surface area contributed by atoms with Crippen LogP contribution in [-0.4, -0.2) is 44.9 Å². The first kappa shape index (κ1) is 14.3. The molecule has 1 aromatic rings. The Hall–Kier alpha value is -1.08. The van der Waals surface area contributed by atoms with E-state index in [1.54, 1.807) is 6.07 Å². The topological polar surface area (TPSA) is 105 Å². The third kappa shape index (κ3) is 3.48. The molecule has 1 aromatic heterocycles.